The van der Waals surface area contributed by atoms with Gasteiger partial charge in [0.05, 0.1) is 0 Å². The molecule has 0 saturated carbocycles. The Bertz CT molecular complexity index is 673. The van der Waals surface area contributed by atoms with Gasteiger partial charge in [-0.2, -0.15) is 0 Å². The SMILES string of the molecule is Cc1ccc(C)c(C(=O)c2cccc3c2CCCN3)c1. The molecule has 1 heterocycles. The predicted octanol–water partition coefficient (Wildman–Crippen LogP) is 3.89. The Labute approximate surface area is 119 Å². The fraction of sp³-hybridized carbons (Fsp3) is 0.278. The maximum atomic E-state index is 12.9. The molecule has 3 rings (SSSR count). The second-order valence-electron chi connectivity index (χ2n) is 5.51. The van der Waals surface area contributed by atoms with Crippen molar-refractivity contribution in [1.82, 2.24) is 0 Å². The zero-order valence-corrected chi connectivity index (χ0v) is 12.0. The summed E-state index contributed by atoms with van der Waals surface area (Å²) in [7, 11) is 0. The van der Waals surface area contributed by atoms with Crippen molar-refractivity contribution >= 4 is 11.5 Å². The van der Waals surface area contributed by atoms with Gasteiger partial charge in [-0.25, -0.2) is 0 Å². The molecule has 0 unspecified atom stereocenters. The van der Waals surface area contributed by atoms with Crippen LogP contribution in [0.1, 0.15) is 39.0 Å². The number of hydrogen-bond donors (Lipinski definition) is 1. The zero-order chi connectivity index (χ0) is 14.1. The van der Waals surface area contributed by atoms with Crippen LogP contribution in [0.2, 0.25) is 0 Å². The molecule has 0 fully saturated rings. The second kappa shape index (κ2) is 5.12. The molecular formula is C18H19NO. The average molecular weight is 265 g/mol. The van der Waals surface area contributed by atoms with Crippen LogP contribution in [0.25, 0.3) is 0 Å². The van der Waals surface area contributed by atoms with E-state index in [9.17, 15) is 4.79 Å². The summed E-state index contributed by atoms with van der Waals surface area (Å²) in [6.45, 7) is 5.02. The minimum Gasteiger partial charge on any atom is -0.385 e. The van der Waals surface area contributed by atoms with E-state index < -0.39 is 0 Å². The first-order valence-corrected chi connectivity index (χ1v) is 7.14. The molecule has 0 amide bonds. The summed E-state index contributed by atoms with van der Waals surface area (Å²) in [5.74, 6) is 0.145. The van der Waals surface area contributed by atoms with Crippen LogP contribution in [0, 0.1) is 13.8 Å². The largest absolute Gasteiger partial charge is 0.385 e. The Balaban J connectivity index is 2.09. The molecule has 2 nitrogen and oxygen atoms in total. The van der Waals surface area contributed by atoms with E-state index in [1.807, 2.05) is 44.2 Å². The van der Waals surface area contributed by atoms with Crippen LogP contribution in [0.4, 0.5) is 5.69 Å². The van der Waals surface area contributed by atoms with Gasteiger partial charge in [-0.1, -0.05) is 29.8 Å². The number of nitrogens with one attached hydrogen (secondary N) is 1. The first-order chi connectivity index (χ1) is 9.66. The molecule has 2 heteroatoms. The maximum absolute atomic E-state index is 12.9. The van der Waals surface area contributed by atoms with Gasteiger partial charge in [-0.15, -0.1) is 0 Å². The van der Waals surface area contributed by atoms with Crippen LogP contribution in [-0.2, 0) is 6.42 Å². The van der Waals surface area contributed by atoms with Gasteiger partial charge >= 0.3 is 0 Å². The van der Waals surface area contributed by atoms with E-state index in [0.717, 1.165) is 47.3 Å². The molecule has 1 aliphatic rings. The van der Waals surface area contributed by atoms with Crippen LogP contribution < -0.4 is 5.32 Å². The standard InChI is InChI=1S/C18H19NO/c1-12-8-9-13(2)16(11-12)18(20)15-5-3-7-17-14(15)6-4-10-19-17/h3,5,7-9,11,19H,4,6,10H2,1-2H3. The Kier molecular flexibility index (Phi) is 3.31. The molecule has 0 aliphatic carbocycles. The predicted molar refractivity (Wildman–Crippen MR) is 82.6 cm³/mol. The lowest BCUT2D eigenvalue weighted by Gasteiger charge is -2.20. The second-order valence-corrected chi connectivity index (χ2v) is 5.51. The summed E-state index contributed by atoms with van der Waals surface area (Å²) in [4.78, 5) is 12.9. The van der Waals surface area contributed by atoms with Gasteiger partial charge in [0.15, 0.2) is 5.78 Å². The van der Waals surface area contributed by atoms with Crippen molar-refractivity contribution in [2.24, 2.45) is 0 Å². The lowest BCUT2D eigenvalue weighted by Crippen LogP contribution is -2.16. The first kappa shape index (κ1) is 12.9. The molecule has 102 valence electrons. The van der Waals surface area contributed by atoms with Gasteiger partial charge < -0.3 is 5.32 Å². The quantitative estimate of drug-likeness (QED) is 0.835. The van der Waals surface area contributed by atoms with Crippen molar-refractivity contribution < 1.29 is 4.79 Å². The number of carbonyl (C=O) groups excluding carboxylic acids is 1. The summed E-state index contributed by atoms with van der Waals surface area (Å²) in [6.07, 6.45) is 2.07. The monoisotopic (exact) mass is 265 g/mol. The van der Waals surface area contributed by atoms with Crippen LogP contribution in [-0.4, -0.2) is 12.3 Å². The number of rotatable bonds is 2. The number of ketones is 1. The molecule has 0 aromatic heterocycles. The van der Waals surface area contributed by atoms with Crippen LogP contribution in [0.15, 0.2) is 36.4 Å². The third-order valence-corrected chi connectivity index (χ3v) is 3.98. The van der Waals surface area contributed by atoms with Crippen LogP contribution in [0.5, 0.6) is 0 Å². The van der Waals surface area contributed by atoms with Crippen molar-refractivity contribution in [2.75, 3.05) is 11.9 Å². The van der Waals surface area contributed by atoms with Gasteiger partial charge in [0.25, 0.3) is 0 Å². The third-order valence-electron chi connectivity index (χ3n) is 3.98. The molecule has 2 aromatic carbocycles. The molecule has 0 saturated heterocycles. The Morgan fingerprint density at radius 3 is 2.80 bits per heavy atom. The van der Waals surface area contributed by atoms with Gasteiger partial charge in [0.1, 0.15) is 0 Å². The zero-order valence-electron chi connectivity index (χ0n) is 12.0. The number of fused-ring (bicyclic) bond motifs is 1. The molecule has 2 aromatic rings. The Hall–Kier alpha value is -2.09. The highest BCUT2D eigenvalue weighted by Gasteiger charge is 2.19. The Morgan fingerprint density at radius 1 is 1.10 bits per heavy atom. The molecule has 0 atom stereocenters. The van der Waals surface area contributed by atoms with Crippen molar-refractivity contribution in [3.05, 3.63) is 64.2 Å². The van der Waals surface area contributed by atoms with E-state index in [-0.39, 0.29) is 5.78 Å². The molecular weight excluding hydrogens is 246 g/mol. The van der Waals surface area contributed by atoms with Crippen LogP contribution in [0.3, 0.4) is 0 Å². The summed E-state index contributed by atoms with van der Waals surface area (Å²) in [6, 6.07) is 12.1. The highest BCUT2D eigenvalue weighted by molar-refractivity contribution is 6.11. The van der Waals surface area contributed by atoms with Crippen LogP contribution >= 0.6 is 0 Å². The lowest BCUT2D eigenvalue weighted by atomic mass is 9.90. The number of carbonyl (C=O) groups is 1. The molecule has 0 bridgehead atoms. The topological polar surface area (TPSA) is 29.1 Å². The van der Waals surface area contributed by atoms with E-state index >= 15 is 0 Å². The van der Waals surface area contributed by atoms with Crippen molar-refractivity contribution in [2.45, 2.75) is 26.7 Å². The van der Waals surface area contributed by atoms with Crippen molar-refractivity contribution in [3.63, 3.8) is 0 Å². The summed E-state index contributed by atoms with van der Waals surface area (Å²) in [5, 5.41) is 3.38. The number of benzene rings is 2. The van der Waals surface area contributed by atoms with Gasteiger partial charge in [-0.3, -0.25) is 4.79 Å². The fourth-order valence-corrected chi connectivity index (χ4v) is 2.85. The van der Waals surface area contributed by atoms with E-state index in [4.69, 9.17) is 0 Å². The van der Waals surface area contributed by atoms with E-state index in [1.165, 1.54) is 5.56 Å². The van der Waals surface area contributed by atoms with E-state index in [1.54, 1.807) is 0 Å². The number of anilines is 1. The summed E-state index contributed by atoms with van der Waals surface area (Å²) in [5.41, 5.74) is 6.13. The van der Waals surface area contributed by atoms with E-state index in [2.05, 4.69) is 11.4 Å². The molecule has 20 heavy (non-hydrogen) atoms. The normalized spacial score (nSPS) is 13.5. The minimum atomic E-state index is 0.145. The number of aryl methyl sites for hydroxylation is 2. The van der Waals surface area contributed by atoms with Gasteiger partial charge in [-0.05, 0) is 49.9 Å². The first-order valence-electron chi connectivity index (χ1n) is 7.14. The highest BCUT2D eigenvalue weighted by atomic mass is 16.1. The summed E-state index contributed by atoms with van der Waals surface area (Å²) >= 11 is 0. The minimum absolute atomic E-state index is 0.145. The number of hydrogen-bond acceptors (Lipinski definition) is 2. The van der Waals surface area contributed by atoms with E-state index in [0.29, 0.717) is 0 Å². The molecule has 1 N–H and O–H groups in total. The molecule has 0 spiro atoms. The third kappa shape index (κ3) is 2.22. The summed E-state index contributed by atoms with van der Waals surface area (Å²) < 4.78 is 0. The highest BCUT2D eigenvalue weighted by Crippen LogP contribution is 2.27. The van der Waals surface area contributed by atoms with Gasteiger partial charge in [0.2, 0.25) is 0 Å². The van der Waals surface area contributed by atoms with Crippen molar-refractivity contribution in [3.8, 4) is 0 Å². The fourth-order valence-electron chi connectivity index (χ4n) is 2.85. The Morgan fingerprint density at radius 2 is 1.95 bits per heavy atom. The molecule has 0 radical (unpaired) electrons. The smallest absolute Gasteiger partial charge is 0.193 e. The maximum Gasteiger partial charge on any atom is 0.193 e. The average Bonchev–Trinajstić information content (AvgIpc) is 2.48. The lowest BCUT2D eigenvalue weighted by molar-refractivity contribution is 0.103. The van der Waals surface area contributed by atoms with Gasteiger partial charge in [0, 0.05) is 23.4 Å². The molecule has 1 aliphatic heterocycles. The van der Waals surface area contributed by atoms with Crippen molar-refractivity contribution in [1.29, 1.82) is 0 Å².